The van der Waals surface area contributed by atoms with Gasteiger partial charge in [0.2, 0.25) is 0 Å². The second-order valence-corrected chi connectivity index (χ2v) is 8.97. The number of rotatable bonds is 4. The van der Waals surface area contributed by atoms with Crippen LogP contribution in [0.5, 0.6) is 0 Å². The molecule has 3 N–H and O–H groups in total. The van der Waals surface area contributed by atoms with Gasteiger partial charge in [-0.15, -0.1) is 0 Å². The molecular formula is C21H30FNO5. The molecule has 1 amide bonds. The Morgan fingerprint density at radius 3 is 2.39 bits per heavy atom. The molecule has 4 atom stereocenters. The lowest BCUT2D eigenvalue weighted by molar-refractivity contribution is -0.166. The number of hydrogen-bond acceptors (Lipinski definition) is 3. The molecule has 0 spiro atoms. The molecule has 156 valence electrons. The summed E-state index contributed by atoms with van der Waals surface area (Å²) in [6, 6.07) is 4.54. The van der Waals surface area contributed by atoms with Crippen molar-refractivity contribution < 1.29 is 29.3 Å². The van der Waals surface area contributed by atoms with E-state index in [1.54, 1.807) is 19.9 Å². The maximum atomic E-state index is 14.3. The van der Waals surface area contributed by atoms with E-state index in [0.29, 0.717) is 11.1 Å². The first-order valence-corrected chi connectivity index (χ1v) is 9.45. The van der Waals surface area contributed by atoms with Crippen LogP contribution in [-0.4, -0.2) is 52.0 Å². The first kappa shape index (κ1) is 22.1. The van der Waals surface area contributed by atoms with Crippen molar-refractivity contribution in [2.45, 2.75) is 40.5 Å². The third kappa shape index (κ3) is 3.60. The van der Waals surface area contributed by atoms with Gasteiger partial charge in [0, 0.05) is 31.5 Å². The number of carboxylic acids is 1. The molecule has 1 fully saturated rings. The van der Waals surface area contributed by atoms with E-state index in [9.17, 15) is 29.3 Å². The Morgan fingerprint density at radius 1 is 1.32 bits per heavy atom. The van der Waals surface area contributed by atoms with Gasteiger partial charge in [-0.05, 0) is 35.4 Å². The first-order valence-electron chi connectivity index (χ1n) is 9.45. The number of halogens is 1. The fraction of sp³-hybridized carbons (Fsp3) is 0.619. The van der Waals surface area contributed by atoms with Gasteiger partial charge < -0.3 is 20.2 Å². The van der Waals surface area contributed by atoms with Crippen LogP contribution in [0.1, 0.15) is 44.7 Å². The van der Waals surface area contributed by atoms with E-state index in [1.165, 1.54) is 12.1 Å². The van der Waals surface area contributed by atoms with Gasteiger partial charge in [-0.1, -0.05) is 39.8 Å². The number of aliphatic hydroxyl groups is 1. The Balaban J connectivity index is 2.82. The van der Waals surface area contributed by atoms with Gasteiger partial charge in [0.15, 0.2) is 0 Å². The molecule has 0 aromatic heterocycles. The Kier molecular flexibility index (Phi) is 6.09. The number of nitrogens with zero attached hydrogens (tertiary/aromatic N) is 1. The van der Waals surface area contributed by atoms with Crippen LogP contribution in [0.2, 0.25) is 0 Å². The molecule has 7 heteroatoms. The van der Waals surface area contributed by atoms with E-state index in [4.69, 9.17) is 0 Å². The lowest BCUT2D eigenvalue weighted by atomic mass is 9.53. The Hall–Kier alpha value is -2.15. The molecule has 1 saturated heterocycles. The Bertz CT molecular complexity index is 760. The predicted octanol–water partition coefficient (Wildman–Crippen LogP) is 3.57. The van der Waals surface area contributed by atoms with E-state index in [1.807, 2.05) is 20.8 Å². The van der Waals surface area contributed by atoms with Gasteiger partial charge in [-0.3, -0.25) is 4.79 Å². The van der Waals surface area contributed by atoms with Crippen molar-refractivity contribution in [3.05, 3.63) is 35.1 Å². The van der Waals surface area contributed by atoms with E-state index in [-0.39, 0.29) is 13.1 Å². The number of carbonyl (C=O) groups is 2. The molecule has 2 rings (SSSR count). The average Bonchev–Trinajstić information content (AvgIpc) is 2.61. The van der Waals surface area contributed by atoms with Crippen molar-refractivity contribution in [2.24, 2.45) is 22.7 Å². The largest absolute Gasteiger partial charge is 0.481 e. The maximum absolute atomic E-state index is 14.3. The van der Waals surface area contributed by atoms with Crippen LogP contribution in [0.3, 0.4) is 0 Å². The van der Waals surface area contributed by atoms with Crippen LogP contribution < -0.4 is 0 Å². The monoisotopic (exact) mass is 395 g/mol. The van der Waals surface area contributed by atoms with Gasteiger partial charge in [0.25, 0.3) is 0 Å². The van der Waals surface area contributed by atoms with E-state index in [0.717, 1.165) is 4.90 Å². The quantitative estimate of drug-likeness (QED) is 0.724. The van der Waals surface area contributed by atoms with E-state index in [2.05, 4.69) is 0 Å². The van der Waals surface area contributed by atoms with Crippen LogP contribution in [0.4, 0.5) is 9.18 Å². The summed E-state index contributed by atoms with van der Waals surface area (Å²) in [6.07, 6.45) is -1.22. The zero-order valence-electron chi connectivity index (χ0n) is 17.1. The summed E-state index contributed by atoms with van der Waals surface area (Å²) in [5, 5.41) is 30.1. The topological polar surface area (TPSA) is 98.1 Å². The highest BCUT2D eigenvalue weighted by molar-refractivity contribution is 5.79. The van der Waals surface area contributed by atoms with Gasteiger partial charge in [0.05, 0.1) is 5.41 Å². The zero-order valence-corrected chi connectivity index (χ0v) is 17.1. The number of amides is 1. The normalized spacial score (nSPS) is 26.8. The van der Waals surface area contributed by atoms with Gasteiger partial charge in [-0.2, -0.15) is 0 Å². The summed E-state index contributed by atoms with van der Waals surface area (Å²) in [4.78, 5) is 25.6. The molecule has 0 radical (unpaired) electrons. The molecule has 1 aliphatic heterocycles. The Labute approximate surface area is 165 Å². The number of hydrogen-bond donors (Lipinski definition) is 3. The lowest BCUT2D eigenvalue weighted by Crippen LogP contribution is -2.62. The second kappa shape index (κ2) is 7.70. The van der Waals surface area contributed by atoms with Crippen molar-refractivity contribution in [1.82, 2.24) is 4.90 Å². The summed E-state index contributed by atoms with van der Waals surface area (Å²) in [6.45, 7) is 8.51. The smallest absolute Gasteiger partial charge is 0.407 e. The molecule has 1 aliphatic rings. The fourth-order valence-electron chi connectivity index (χ4n) is 4.65. The molecule has 1 aromatic rings. The maximum Gasteiger partial charge on any atom is 0.407 e. The number of likely N-dealkylation sites (tertiary alicyclic amines) is 1. The SMILES string of the molecule is Cc1c(F)cccc1C1C(CO)CN(C(=O)O)CC1(C(=O)O)C(C)C(C)(C)C. The van der Waals surface area contributed by atoms with Crippen LogP contribution in [0.15, 0.2) is 18.2 Å². The van der Waals surface area contributed by atoms with Crippen molar-refractivity contribution in [1.29, 1.82) is 0 Å². The molecule has 4 unspecified atom stereocenters. The minimum Gasteiger partial charge on any atom is -0.481 e. The number of carboxylic acid groups (broad SMARTS) is 2. The standard InChI is InChI=1S/C21H30FNO5/c1-12-15(7-6-8-16(12)22)17-14(10-24)9-23(19(27)28)11-21(17,18(25)26)13(2)20(3,4)5/h6-8,13-14,17,24H,9-11H2,1-5H3,(H,25,26)(H,27,28). The highest BCUT2D eigenvalue weighted by Gasteiger charge is 2.60. The highest BCUT2D eigenvalue weighted by atomic mass is 19.1. The number of aliphatic carboxylic acids is 1. The fourth-order valence-corrected chi connectivity index (χ4v) is 4.65. The summed E-state index contributed by atoms with van der Waals surface area (Å²) >= 11 is 0. The lowest BCUT2D eigenvalue weighted by Gasteiger charge is -2.54. The number of aliphatic hydroxyl groups excluding tert-OH is 1. The third-order valence-corrected chi connectivity index (χ3v) is 6.55. The van der Waals surface area contributed by atoms with Crippen LogP contribution in [0.25, 0.3) is 0 Å². The van der Waals surface area contributed by atoms with Crippen molar-refractivity contribution in [3.8, 4) is 0 Å². The molecule has 6 nitrogen and oxygen atoms in total. The summed E-state index contributed by atoms with van der Waals surface area (Å²) < 4.78 is 14.3. The van der Waals surface area contributed by atoms with Crippen LogP contribution in [-0.2, 0) is 4.79 Å². The molecule has 1 aromatic carbocycles. The highest BCUT2D eigenvalue weighted by Crippen LogP contribution is 2.55. The van der Waals surface area contributed by atoms with E-state index < -0.39 is 53.1 Å². The summed E-state index contributed by atoms with van der Waals surface area (Å²) in [7, 11) is 0. The van der Waals surface area contributed by atoms with Crippen molar-refractivity contribution in [3.63, 3.8) is 0 Å². The summed E-state index contributed by atoms with van der Waals surface area (Å²) in [5.41, 5.74) is -1.12. The molecule has 28 heavy (non-hydrogen) atoms. The zero-order chi connectivity index (χ0) is 21.4. The molecule has 0 aliphatic carbocycles. The second-order valence-electron chi connectivity index (χ2n) is 8.97. The number of benzene rings is 1. The van der Waals surface area contributed by atoms with Gasteiger partial charge in [0.1, 0.15) is 5.82 Å². The van der Waals surface area contributed by atoms with E-state index >= 15 is 0 Å². The first-order chi connectivity index (χ1) is 12.9. The van der Waals surface area contributed by atoms with Gasteiger partial charge in [-0.25, -0.2) is 9.18 Å². The van der Waals surface area contributed by atoms with Crippen LogP contribution >= 0.6 is 0 Å². The number of piperidine rings is 1. The minimum atomic E-state index is -1.51. The van der Waals surface area contributed by atoms with Crippen LogP contribution in [0, 0.1) is 35.4 Å². The predicted molar refractivity (Wildman–Crippen MR) is 103 cm³/mol. The van der Waals surface area contributed by atoms with Crippen molar-refractivity contribution in [2.75, 3.05) is 19.7 Å². The Morgan fingerprint density at radius 2 is 1.93 bits per heavy atom. The molecule has 1 heterocycles. The third-order valence-electron chi connectivity index (χ3n) is 6.55. The molecule has 0 saturated carbocycles. The van der Waals surface area contributed by atoms with Gasteiger partial charge >= 0.3 is 12.1 Å². The molecule has 0 bridgehead atoms. The van der Waals surface area contributed by atoms with Crippen molar-refractivity contribution >= 4 is 12.1 Å². The molecular weight excluding hydrogens is 365 g/mol. The minimum absolute atomic E-state index is 0.00164. The average molecular weight is 395 g/mol. The summed E-state index contributed by atoms with van der Waals surface area (Å²) in [5.74, 6) is -3.42.